The van der Waals surface area contributed by atoms with Crippen LogP contribution in [0.25, 0.3) is 5.70 Å². The van der Waals surface area contributed by atoms with Crippen molar-refractivity contribution in [1.82, 2.24) is 4.57 Å². The quantitative estimate of drug-likeness (QED) is 0.652. The summed E-state index contributed by atoms with van der Waals surface area (Å²) < 4.78 is 2.88. The molecular weight excluding hydrogens is 343 g/mol. The molecule has 3 rings (SSSR count). The minimum absolute atomic E-state index is 0.244. The summed E-state index contributed by atoms with van der Waals surface area (Å²) in [7, 11) is 0. The van der Waals surface area contributed by atoms with Crippen molar-refractivity contribution in [3.8, 4) is 6.07 Å². The molecule has 2 aromatic rings. The molecule has 0 bridgehead atoms. The number of thioether (sulfide) groups is 2. The number of benzene rings is 1. The van der Waals surface area contributed by atoms with Crippen LogP contribution in [0.15, 0.2) is 47.0 Å². The smallest absolute Gasteiger partial charge is 0.144 e. The second-order valence-electron chi connectivity index (χ2n) is 4.42. The van der Waals surface area contributed by atoms with E-state index in [0.29, 0.717) is 15.7 Å². The Morgan fingerprint density at radius 2 is 2.05 bits per heavy atom. The first-order valence-electron chi connectivity index (χ1n) is 6.21. The molecule has 2 nitrogen and oxygen atoms in total. The largest absolute Gasteiger partial charge is 0.314 e. The van der Waals surface area contributed by atoms with Gasteiger partial charge in [-0.25, -0.2) is 0 Å². The van der Waals surface area contributed by atoms with E-state index in [1.54, 1.807) is 29.6 Å². The van der Waals surface area contributed by atoms with Crippen molar-refractivity contribution in [2.45, 2.75) is 5.25 Å². The van der Waals surface area contributed by atoms with E-state index in [1.807, 2.05) is 41.2 Å². The van der Waals surface area contributed by atoms with Gasteiger partial charge in [-0.3, -0.25) is 0 Å². The van der Waals surface area contributed by atoms with Crippen molar-refractivity contribution in [3.63, 3.8) is 0 Å². The maximum absolute atomic E-state index is 9.41. The van der Waals surface area contributed by atoms with Gasteiger partial charge in [-0.05, 0) is 29.8 Å². The van der Waals surface area contributed by atoms with E-state index >= 15 is 0 Å². The number of halogens is 2. The predicted molar refractivity (Wildman–Crippen MR) is 92.5 cm³/mol. The van der Waals surface area contributed by atoms with Crippen LogP contribution in [-0.4, -0.2) is 10.3 Å². The van der Waals surface area contributed by atoms with Gasteiger partial charge in [0.2, 0.25) is 0 Å². The van der Waals surface area contributed by atoms with E-state index in [0.717, 1.165) is 15.6 Å². The summed E-state index contributed by atoms with van der Waals surface area (Å²) in [5.41, 5.74) is 1.74. The topological polar surface area (TPSA) is 28.7 Å². The van der Waals surface area contributed by atoms with E-state index in [9.17, 15) is 5.26 Å². The van der Waals surface area contributed by atoms with Crippen LogP contribution in [0, 0.1) is 11.3 Å². The van der Waals surface area contributed by atoms with Crippen molar-refractivity contribution in [1.29, 1.82) is 5.26 Å². The monoisotopic (exact) mass is 352 g/mol. The van der Waals surface area contributed by atoms with Gasteiger partial charge in [0.05, 0.1) is 4.24 Å². The minimum Gasteiger partial charge on any atom is -0.314 e. The van der Waals surface area contributed by atoms with Crippen LogP contribution in [0.5, 0.6) is 0 Å². The molecule has 106 valence electrons. The number of hydrogen-bond donors (Lipinski definition) is 0. The summed E-state index contributed by atoms with van der Waals surface area (Å²) in [5.74, 6) is 0.897. The zero-order valence-electron chi connectivity index (χ0n) is 10.8. The van der Waals surface area contributed by atoms with Gasteiger partial charge in [-0.1, -0.05) is 29.3 Å². The lowest BCUT2D eigenvalue weighted by Gasteiger charge is -2.10. The first-order valence-corrected chi connectivity index (χ1v) is 8.83. The van der Waals surface area contributed by atoms with Crippen LogP contribution >= 0.6 is 46.7 Å². The third kappa shape index (κ3) is 3.12. The van der Waals surface area contributed by atoms with Crippen LogP contribution in [0.3, 0.4) is 0 Å². The Bertz CT molecular complexity index is 733. The maximum atomic E-state index is 9.41. The molecule has 0 amide bonds. The molecule has 1 fully saturated rings. The van der Waals surface area contributed by atoms with Gasteiger partial charge in [-0.2, -0.15) is 5.26 Å². The van der Waals surface area contributed by atoms with E-state index in [2.05, 4.69) is 6.07 Å². The van der Waals surface area contributed by atoms with Crippen LogP contribution < -0.4 is 0 Å². The van der Waals surface area contributed by atoms with Crippen LogP contribution in [0.4, 0.5) is 0 Å². The number of aromatic nitrogens is 1. The Hall–Kier alpha value is -0.990. The molecule has 2 heterocycles. The lowest BCUT2D eigenvalue weighted by Crippen LogP contribution is -1.93. The molecule has 0 radical (unpaired) electrons. The highest BCUT2D eigenvalue weighted by molar-refractivity contribution is 8.25. The zero-order chi connectivity index (χ0) is 14.8. The van der Waals surface area contributed by atoms with Crippen molar-refractivity contribution < 1.29 is 0 Å². The lowest BCUT2D eigenvalue weighted by atomic mass is 10.2. The second kappa shape index (κ2) is 6.41. The van der Waals surface area contributed by atoms with Gasteiger partial charge in [-0.15, -0.1) is 23.5 Å². The molecule has 1 atom stereocenters. The first-order chi connectivity index (χ1) is 10.2. The highest BCUT2D eigenvalue weighted by Crippen LogP contribution is 2.53. The number of allylic oxidation sites excluding steroid dienone is 1. The minimum atomic E-state index is 0.244. The molecule has 1 aliphatic rings. The molecule has 1 aromatic heterocycles. The summed E-state index contributed by atoms with van der Waals surface area (Å²) in [6.45, 7) is 0. The van der Waals surface area contributed by atoms with Crippen molar-refractivity contribution >= 4 is 52.4 Å². The van der Waals surface area contributed by atoms with Gasteiger partial charge in [0.25, 0.3) is 0 Å². The molecule has 1 saturated heterocycles. The third-order valence-electron chi connectivity index (χ3n) is 3.09. The van der Waals surface area contributed by atoms with Crippen molar-refractivity contribution in [2.24, 2.45) is 0 Å². The number of nitriles is 1. The summed E-state index contributed by atoms with van der Waals surface area (Å²) in [5, 5.41) is 11.0. The summed E-state index contributed by atoms with van der Waals surface area (Å²) in [4.78, 5) is 0. The molecule has 6 heteroatoms. The van der Waals surface area contributed by atoms with E-state index in [-0.39, 0.29) is 5.25 Å². The van der Waals surface area contributed by atoms with E-state index in [1.165, 1.54) is 0 Å². The molecule has 0 spiro atoms. The van der Waals surface area contributed by atoms with Crippen molar-refractivity contribution in [2.75, 3.05) is 5.75 Å². The Kier molecular flexibility index (Phi) is 4.56. The van der Waals surface area contributed by atoms with Gasteiger partial charge in [0.1, 0.15) is 11.8 Å². The van der Waals surface area contributed by atoms with Crippen molar-refractivity contribution in [3.05, 3.63) is 62.6 Å². The first kappa shape index (κ1) is 14.9. The fourth-order valence-electron chi connectivity index (χ4n) is 2.08. The lowest BCUT2D eigenvalue weighted by molar-refractivity contribution is 1.13. The Morgan fingerprint density at radius 3 is 2.71 bits per heavy atom. The third-order valence-corrected chi connectivity index (χ3v) is 6.57. The number of hydrogen-bond acceptors (Lipinski definition) is 3. The normalized spacial score (nSPS) is 20.3. The molecule has 1 aromatic carbocycles. The fourth-order valence-corrected chi connectivity index (χ4v) is 5.61. The Balaban J connectivity index is 1.90. The number of nitrogens with zero attached hydrogens (tertiary/aromatic N) is 2. The molecule has 0 saturated carbocycles. The summed E-state index contributed by atoms with van der Waals surface area (Å²) in [6, 6.07) is 11.7. The average Bonchev–Trinajstić information content (AvgIpc) is 3.12. The van der Waals surface area contributed by atoms with E-state index in [4.69, 9.17) is 23.2 Å². The maximum Gasteiger partial charge on any atom is 0.144 e. The standard InChI is InChI=1S/C15H10Cl2N2S2/c16-10-3-4-11(12(17)7-10)14-9-20-15(21-14)13(8-18)19-5-1-2-6-19/h1-7,14H,9H2/b15-13+. The Labute approximate surface area is 141 Å². The van der Waals surface area contributed by atoms with Gasteiger partial charge < -0.3 is 4.57 Å². The number of rotatable bonds is 2. The van der Waals surface area contributed by atoms with Gasteiger partial charge in [0, 0.05) is 33.4 Å². The molecule has 21 heavy (non-hydrogen) atoms. The fraction of sp³-hybridized carbons (Fsp3) is 0.133. The molecule has 1 aliphatic heterocycles. The predicted octanol–water partition coefficient (Wildman–Crippen LogP) is 5.67. The molecule has 0 N–H and O–H groups in total. The van der Waals surface area contributed by atoms with Crippen LogP contribution in [-0.2, 0) is 0 Å². The second-order valence-corrected chi connectivity index (χ2v) is 7.77. The molecule has 1 unspecified atom stereocenters. The SMILES string of the molecule is N#C/C(=C1/SCC(c2ccc(Cl)cc2Cl)S1)n1cccc1. The highest BCUT2D eigenvalue weighted by atomic mass is 35.5. The van der Waals surface area contributed by atoms with Gasteiger partial charge >= 0.3 is 0 Å². The summed E-state index contributed by atoms with van der Waals surface area (Å²) >= 11 is 15.6. The average molecular weight is 353 g/mol. The zero-order valence-corrected chi connectivity index (χ0v) is 13.9. The van der Waals surface area contributed by atoms with Crippen LogP contribution in [0.1, 0.15) is 10.8 Å². The molecule has 0 aliphatic carbocycles. The highest BCUT2D eigenvalue weighted by Gasteiger charge is 2.27. The van der Waals surface area contributed by atoms with Crippen LogP contribution in [0.2, 0.25) is 10.0 Å². The van der Waals surface area contributed by atoms with E-state index < -0.39 is 0 Å². The Morgan fingerprint density at radius 1 is 1.29 bits per heavy atom. The summed E-state index contributed by atoms with van der Waals surface area (Å²) in [6.07, 6.45) is 3.77. The van der Waals surface area contributed by atoms with Gasteiger partial charge in [0.15, 0.2) is 0 Å². The molecular formula is C15H10Cl2N2S2.